The van der Waals surface area contributed by atoms with E-state index in [9.17, 15) is 18.8 Å². The Kier molecular flexibility index (Phi) is 5.53. The third-order valence-electron chi connectivity index (χ3n) is 5.89. The zero-order valence-corrected chi connectivity index (χ0v) is 19.0. The summed E-state index contributed by atoms with van der Waals surface area (Å²) in [6.07, 6.45) is 3.62. The van der Waals surface area contributed by atoms with Crippen molar-refractivity contribution in [1.29, 1.82) is 5.26 Å². The first kappa shape index (κ1) is 22.3. The Morgan fingerprint density at radius 2 is 2.09 bits per heavy atom. The Bertz CT molecular complexity index is 1520. The van der Waals surface area contributed by atoms with Crippen LogP contribution >= 0.6 is 0 Å². The number of anilines is 1. The minimum Gasteiger partial charge on any atom is -0.493 e. The molecule has 1 amide bonds. The van der Waals surface area contributed by atoms with E-state index >= 15 is 0 Å². The molecule has 0 saturated carbocycles. The van der Waals surface area contributed by atoms with Crippen LogP contribution in [0, 0.1) is 23.0 Å². The number of carbonyl (C=O) groups is 1. The molecule has 2 aromatic heterocycles. The van der Waals surface area contributed by atoms with Crippen molar-refractivity contribution in [2.24, 2.45) is 0 Å². The molecule has 0 radical (unpaired) electrons. The average molecular weight is 474 g/mol. The quantitative estimate of drug-likeness (QED) is 0.473. The van der Waals surface area contributed by atoms with E-state index in [0.29, 0.717) is 47.1 Å². The number of aromatic nitrogens is 3. The molecule has 3 heterocycles. The number of halogens is 2. The number of nitrogens with zero attached hydrogens (tertiary/aromatic N) is 5. The second kappa shape index (κ2) is 8.68. The lowest BCUT2D eigenvalue weighted by Crippen LogP contribution is -2.22. The zero-order chi connectivity index (χ0) is 24.7. The highest BCUT2D eigenvalue weighted by atomic mass is 19.1. The van der Waals surface area contributed by atoms with Gasteiger partial charge < -0.3 is 15.0 Å². The van der Waals surface area contributed by atoms with Gasteiger partial charge in [-0.3, -0.25) is 9.20 Å². The van der Waals surface area contributed by atoms with Crippen molar-refractivity contribution in [2.75, 3.05) is 26.0 Å². The van der Waals surface area contributed by atoms with Crippen molar-refractivity contribution in [1.82, 2.24) is 19.3 Å². The first-order valence-corrected chi connectivity index (χ1v) is 10.8. The van der Waals surface area contributed by atoms with E-state index in [-0.39, 0.29) is 23.6 Å². The molecule has 0 atom stereocenters. The predicted octanol–water partition coefficient (Wildman–Crippen LogP) is 3.79. The third-order valence-corrected chi connectivity index (χ3v) is 5.89. The van der Waals surface area contributed by atoms with Crippen molar-refractivity contribution < 1.29 is 18.3 Å². The highest BCUT2D eigenvalue weighted by Gasteiger charge is 2.21. The summed E-state index contributed by atoms with van der Waals surface area (Å²) in [5, 5.41) is 12.5. The number of nitrogens with one attached hydrogen (secondary N) is 1. The second-order valence-corrected chi connectivity index (χ2v) is 8.28. The minimum atomic E-state index is -0.677. The largest absolute Gasteiger partial charge is 0.493 e. The van der Waals surface area contributed by atoms with Crippen LogP contribution < -0.4 is 10.1 Å². The molecule has 4 aromatic rings. The SMILES string of the molecule is CN(C)C(=O)c1ccc(-c2cnc(NCc3c(F)ccc4c3CCO4)n3cc(C#N)nc23)cc1F. The number of amides is 1. The van der Waals surface area contributed by atoms with Gasteiger partial charge >= 0.3 is 0 Å². The molecule has 35 heavy (non-hydrogen) atoms. The summed E-state index contributed by atoms with van der Waals surface area (Å²) < 4.78 is 36.4. The van der Waals surface area contributed by atoms with Gasteiger partial charge in [-0.1, -0.05) is 6.07 Å². The molecule has 0 saturated heterocycles. The minimum absolute atomic E-state index is 0.0523. The number of carbonyl (C=O) groups excluding carboxylic acids is 1. The van der Waals surface area contributed by atoms with Crippen molar-refractivity contribution in [3.8, 4) is 22.9 Å². The van der Waals surface area contributed by atoms with Gasteiger partial charge in [-0.25, -0.2) is 18.7 Å². The summed E-state index contributed by atoms with van der Waals surface area (Å²) in [4.78, 5) is 22.2. The van der Waals surface area contributed by atoms with Crippen molar-refractivity contribution >= 4 is 17.5 Å². The van der Waals surface area contributed by atoms with Gasteiger partial charge in [0.2, 0.25) is 5.95 Å². The molecular formula is C25H20F2N6O2. The fourth-order valence-corrected chi connectivity index (χ4v) is 4.14. The van der Waals surface area contributed by atoms with Crippen LogP contribution in [0.15, 0.2) is 42.7 Å². The molecule has 0 bridgehead atoms. The van der Waals surface area contributed by atoms with Gasteiger partial charge in [0, 0.05) is 49.9 Å². The second-order valence-electron chi connectivity index (χ2n) is 8.28. The van der Waals surface area contributed by atoms with Crippen LogP contribution in [0.3, 0.4) is 0 Å². The fourth-order valence-electron chi connectivity index (χ4n) is 4.14. The summed E-state index contributed by atoms with van der Waals surface area (Å²) in [5.74, 6) is -0.461. The van der Waals surface area contributed by atoms with Gasteiger partial charge in [0.05, 0.1) is 18.4 Å². The Morgan fingerprint density at radius 3 is 2.83 bits per heavy atom. The summed E-state index contributed by atoms with van der Waals surface area (Å²) >= 11 is 0. The smallest absolute Gasteiger partial charge is 0.256 e. The van der Waals surface area contributed by atoms with Crippen LogP contribution in [-0.4, -0.2) is 45.9 Å². The normalized spacial score (nSPS) is 12.2. The van der Waals surface area contributed by atoms with Crippen LogP contribution in [0.4, 0.5) is 14.7 Å². The molecule has 0 aliphatic carbocycles. The zero-order valence-electron chi connectivity index (χ0n) is 19.0. The maximum atomic E-state index is 14.7. The molecule has 1 aliphatic rings. The van der Waals surface area contributed by atoms with Gasteiger partial charge in [0.15, 0.2) is 11.3 Å². The fraction of sp³-hybridized carbons (Fsp3) is 0.200. The molecule has 10 heteroatoms. The van der Waals surface area contributed by atoms with E-state index in [1.807, 2.05) is 6.07 Å². The lowest BCUT2D eigenvalue weighted by Gasteiger charge is -2.14. The molecule has 0 unspecified atom stereocenters. The van der Waals surface area contributed by atoms with Crippen LogP contribution in [0.25, 0.3) is 16.8 Å². The van der Waals surface area contributed by atoms with Crippen molar-refractivity contribution in [3.05, 3.63) is 76.7 Å². The summed E-state index contributed by atoms with van der Waals surface area (Å²) in [7, 11) is 3.09. The highest BCUT2D eigenvalue weighted by molar-refractivity contribution is 5.95. The Labute approximate surface area is 199 Å². The lowest BCUT2D eigenvalue weighted by molar-refractivity contribution is 0.0823. The number of fused-ring (bicyclic) bond motifs is 2. The number of rotatable bonds is 5. The maximum absolute atomic E-state index is 14.7. The highest BCUT2D eigenvalue weighted by Crippen LogP contribution is 2.31. The Balaban J connectivity index is 1.52. The summed E-state index contributed by atoms with van der Waals surface area (Å²) in [6, 6.07) is 9.25. The van der Waals surface area contributed by atoms with E-state index in [1.54, 1.807) is 30.6 Å². The number of hydrogen-bond donors (Lipinski definition) is 1. The molecule has 176 valence electrons. The Morgan fingerprint density at radius 1 is 1.26 bits per heavy atom. The van der Waals surface area contributed by atoms with Gasteiger partial charge in [0.1, 0.15) is 23.5 Å². The van der Waals surface area contributed by atoms with Crippen LogP contribution in [0.1, 0.15) is 27.2 Å². The van der Waals surface area contributed by atoms with E-state index < -0.39 is 11.7 Å². The molecule has 0 fully saturated rings. The lowest BCUT2D eigenvalue weighted by atomic mass is 10.0. The van der Waals surface area contributed by atoms with Gasteiger partial charge in [-0.05, 0) is 29.8 Å². The van der Waals surface area contributed by atoms with Gasteiger partial charge in [-0.15, -0.1) is 0 Å². The predicted molar refractivity (Wildman–Crippen MR) is 124 cm³/mol. The first-order valence-electron chi connectivity index (χ1n) is 10.8. The van der Waals surface area contributed by atoms with Gasteiger partial charge in [-0.2, -0.15) is 5.26 Å². The maximum Gasteiger partial charge on any atom is 0.256 e. The van der Waals surface area contributed by atoms with Crippen molar-refractivity contribution in [2.45, 2.75) is 13.0 Å². The molecular weight excluding hydrogens is 454 g/mol. The topological polar surface area (TPSA) is 95.5 Å². The molecule has 0 spiro atoms. The van der Waals surface area contributed by atoms with E-state index in [4.69, 9.17) is 4.74 Å². The average Bonchev–Trinajstić information content (AvgIpc) is 3.50. The number of hydrogen-bond acceptors (Lipinski definition) is 6. The van der Waals surface area contributed by atoms with E-state index in [1.165, 1.54) is 35.5 Å². The van der Waals surface area contributed by atoms with Gasteiger partial charge in [0.25, 0.3) is 5.91 Å². The monoisotopic (exact) mass is 474 g/mol. The Hall–Kier alpha value is -4.52. The molecule has 1 aliphatic heterocycles. The summed E-state index contributed by atoms with van der Waals surface area (Å²) in [6.45, 7) is 0.654. The molecule has 1 N–H and O–H groups in total. The number of imidazole rings is 1. The number of benzene rings is 2. The van der Waals surface area contributed by atoms with E-state index in [2.05, 4.69) is 15.3 Å². The molecule has 8 nitrogen and oxygen atoms in total. The third kappa shape index (κ3) is 3.91. The number of ether oxygens (including phenoxy) is 1. The van der Waals surface area contributed by atoms with Crippen molar-refractivity contribution in [3.63, 3.8) is 0 Å². The van der Waals surface area contributed by atoms with Crippen LogP contribution in [-0.2, 0) is 13.0 Å². The standard InChI is InChI=1S/C25H20F2N6O2/c1-32(2)24(34)17-4-3-14(9-21(17)27)18-11-29-25(33-13-15(10-28)31-23(18)33)30-12-19-16-7-8-35-22(16)6-5-20(19)26/h3-6,9,11,13H,7-8,12H2,1-2H3,(H,29,30). The first-order chi connectivity index (χ1) is 16.9. The molecule has 5 rings (SSSR count). The van der Waals surface area contributed by atoms with Crippen LogP contribution in [0.5, 0.6) is 5.75 Å². The number of nitriles is 1. The van der Waals surface area contributed by atoms with E-state index in [0.717, 1.165) is 5.56 Å². The van der Waals surface area contributed by atoms with Crippen LogP contribution in [0.2, 0.25) is 0 Å². The molecule has 2 aromatic carbocycles. The summed E-state index contributed by atoms with van der Waals surface area (Å²) in [5.41, 5.74) is 2.68.